The zero-order valence-corrected chi connectivity index (χ0v) is 9.45. The van der Waals surface area contributed by atoms with Gasteiger partial charge in [-0.1, -0.05) is 0 Å². The van der Waals surface area contributed by atoms with Crippen LogP contribution >= 0.6 is 0 Å². The monoisotopic (exact) mass is 252 g/mol. The highest BCUT2D eigenvalue weighted by atomic mass is 19.2. The minimum Gasteiger partial charge on any atom is -0.396 e. The van der Waals surface area contributed by atoms with E-state index < -0.39 is 17.5 Å². The summed E-state index contributed by atoms with van der Waals surface area (Å²) in [6, 6.07) is 3.07. The molecule has 2 aromatic rings. The van der Waals surface area contributed by atoms with Gasteiger partial charge in [-0.15, -0.1) is 0 Å². The van der Waals surface area contributed by atoms with Crippen LogP contribution in [0.4, 0.5) is 20.2 Å². The summed E-state index contributed by atoms with van der Waals surface area (Å²) >= 11 is 0. The third-order valence-electron chi connectivity index (χ3n) is 2.36. The maximum Gasteiger partial charge on any atom is 0.276 e. The molecule has 0 aliphatic rings. The van der Waals surface area contributed by atoms with E-state index in [9.17, 15) is 13.6 Å². The van der Waals surface area contributed by atoms with E-state index in [0.29, 0.717) is 0 Å². The molecule has 1 heterocycles. The van der Waals surface area contributed by atoms with Crippen molar-refractivity contribution in [2.75, 3.05) is 11.1 Å². The lowest BCUT2D eigenvalue weighted by Crippen LogP contribution is -2.17. The third kappa shape index (κ3) is 2.15. The van der Waals surface area contributed by atoms with Crippen LogP contribution in [0.5, 0.6) is 0 Å². The number of aromatic nitrogens is 2. The first-order valence-corrected chi connectivity index (χ1v) is 5.03. The number of carbonyl (C=O) groups is 1. The second-order valence-corrected chi connectivity index (χ2v) is 3.66. The number of anilines is 2. The molecule has 1 amide bonds. The van der Waals surface area contributed by atoms with Crippen LogP contribution < -0.4 is 11.1 Å². The highest BCUT2D eigenvalue weighted by Gasteiger charge is 2.15. The number of rotatable bonds is 2. The molecule has 0 aliphatic carbocycles. The van der Waals surface area contributed by atoms with Gasteiger partial charge in [-0.25, -0.2) is 8.78 Å². The van der Waals surface area contributed by atoms with Gasteiger partial charge in [0.25, 0.3) is 5.91 Å². The lowest BCUT2D eigenvalue weighted by molar-refractivity contribution is 0.101. The summed E-state index contributed by atoms with van der Waals surface area (Å²) in [6.45, 7) is 0. The van der Waals surface area contributed by atoms with Gasteiger partial charge in [0, 0.05) is 18.8 Å². The Hall–Kier alpha value is -2.44. The van der Waals surface area contributed by atoms with Gasteiger partial charge in [0.15, 0.2) is 11.6 Å². The van der Waals surface area contributed by atoms with Crippen LogP contribution in [0.3, 0.4) is 0 Å². The number of nitrogens with two attached hydrogens (primary N) is 1. The van der Waals surface area contributed by atoms with Gasteiger partial charge in [-0.3, -0.25) is 9.48 Å². The van der Waals surface area contributed by atoms with Crippen LogP contribution in [0.2, 0.25) is 0 Å². The molecular formula is C11H10F2N4O. The Morgan fingerprint density at radius 3 is 2.67 bits per heavy atom. The molecule has 0 bridgehead atoms. The SMILES string of the molecule is Cn1ncc(N)c1C(=O)Nc1ccc(F)c(F)c1. The number of nitrogen functional groups attached to an aromatic ring is 1. The first kappa shape index (κ1) is 12.0. The molecular weight excluding hydrogens is 242 g/mol. The molecule has 0 unspecified atom stereocenters. The second-order valence-electron chi connectivity index (χ2n) is 3.66. The molecule has 0 radical (unpaired) electrons. The van der Waals surface area contributed by atoms with E-state index in [2.05, 4.69) is 10.4 Å². The molecule has 0 saturated carbocycles. The normalized spacial score (nSPS) is 10.4. The fourth-order valence-electron chi connectivity index (χ4n) is 1.50. The number of hydrogen-bond acceptors (Lipinski definition) is 3. The Labute approximate surface area is 101 Å². The topological polar surface area (TPSA) is 72.9 Å². The number of nitrogens with one attached hydrogen (secondary N) is 1. The first-order valence-electron chi connectivity index (χ1n) is 5.03. The summed E-state index contributed by atoms with van der Waals surface area (Å²) in [5.41, 5.74) is 6.07. The number of amides is 1. The molecule has 7 heteroatoms. The predicted molar refractivity (Wildman–Crippen MR) is 61.9 cm³/mol. The molecule has 94 valence electrons. The molecule has 2 rings (SSSR count). The molecule has 0 saturated heterocycles. The molecule has 1 aromatic carbocycles. The first-order chi connectivity index (χ1) is 8.49. The van der Waals surface area contributed by atoms with E-state index in [0.717, 1.165) is 12.1 Å². The lowest BCUT2D eigenvalue weighted by Gasteiger charge is -2.06. The standard InChI is InChI=1S/C11H10F2N4O/c1-17-10(9(14)5-15-17)11(18)16-6-2-3-7(12)8(13)4-6/h2-5H,14H2,1H3,(H,16,18). The summed E-state index contributed by atoms with van der Waals surface area (Å²) in [5, 5.41) is 6.21. The van der Waals surface area contributed by atoms with Crippen LogP contribution in [0.25, 0.3) is 0 Å². The third-order valence-corrected chi connectivity index (χ3v) is 2.36. The van der Waals surface area contributed by atoms with Crippen molar-refractivity contribution in [1.82, 2.24) is 9.78 Å². The average Bonchev–Trinajstić information content (AvgIpc) is 2.64. The Bertz CT molecular complexity index is 590. The van der Waals surface area contributed by atoms with Gasteiger partial charge in [0.2, 0.25) is 0 Å². The van der Waals surface area contributed by atoms with Crippen LogP contribution in [-0.2, 0) is 7.05 Å². The highest BCUT2D eigenvalue weighted by Crippen LogP contribution is 2.16. The summed E-state index contributed by atoms with van der Waals surface area (Å²) < 4.78 is 27.0. The fraction of sp³-hybridized carbons (Fsp3) is 0.0909. The Kier molecular flexibility index (Phi) is 2.97. The van der Waals surface area contributed by atoms with Gasteiger partial charge in [0.05, 0.1) is 11.9 Å². The number of benzene rings is 1. The van der Waals surface area contributed by atoms with Gasteiger partial charge in [-0.05, 0) is 12.1 Å². The number of carbonyl (C=O) groups excluding carboxylic acids is 1. The predicted octanol–water partition coefficient (Wildman–Crippen LogP) is 1.53. The van der Waals surface area contributed by atoms with Gasteiger partial charge in [-0.2, -0.15) is 5.10 Å². The summed E-state index contributed by atoms with van der Waals surface area (Å²) in [7, 11) is 1.55. The highest BCUT2D eigenvalue weighted by molar-refractivity contribution is 6.06. The molecule has 0 atom stereocenters. The fourth-order valence-corrected chi connectivity index (χ4v) is 1.50. The minimum absolute atomic E-state index is 0.138. The van der Waals surface area contributed by atoms with Crippen LogP contribution in [0.15, 0.2) is 24.4 Å². The number of halogens is 2. The maximum atomic E-state index is 13.0. The average molecular weight is 252 g/mol. The molecule has 18 heavy (non-hydrogen) atoms. The summed E-state index contributed by atoms with van der Waals surface area (Å²) in [6.07, 6.45) is 1.33. The van der Waals surface area contributed by atoms with Crippen LogP contribution in [0.1, 0.15) is 10.5 Å². The van der Waals surface area contributed by atoms with E-state index in [1.165, 1.54) is 16.9 Å². The van der Waals surface area contributed by atoms with Gasteiger partial charge in [0.1, 0.15) is 5.69 Å². The molecule has 0 spiro atoms. The quantitative estimate of drug-likeness (QED) is 0.851. The maximum absolute atomic E-state index is 13.0. The van der Waals surface area contributed by atoms with Crippen molar-refractivity contribution in [3.63, 3.8) is 0 Å². The van der Waals surface area contributed by atoms with Crippen LogP contribution in [-0.4, -0.2) is 15.7 Å². The van der Waals surface area contributed by atoms with Gasteiger partial charge >= 0.3 is 0 Å². The Balaban J connectivity index is 2.24. The zero-order chi connectivity index (χ0) is 13.3. The van der Waals surface area contributed by atoms with Crippen molar-refractivity contribution in [3.05, 3.63) is 41.7 Å². The van der Waals surface area contributed by atoms with Crippen molar-refractivity contribution in [2.24, 2.45) is 7.05 Å². The zero-order valence-electron chi connectivity index (χ0n) is 9.45. The van der Waals surface area contributed by atoms with E-state index >= 15 is 0 Å². The largest absolute Gasteiger partial charge is 0.396 e. The summed E-state index contributed by atoms with van der Waals surface area (Å²) in [4.78, 5) is 11.8. The van der Waals surface area contributed by atoms with Crippen molar-refractivity contribution in [1.29, 1.82) is 0 Å². The van der Waals surface area contributed by atoms with Crippen molar-refractivity contribution in [2.45, 2.75) is 0 Å². The number of hydrogen-bond donors (Lipinski definition) is 2. The van der Waals surface area contributed by atoms with Crippen molar-refractivity contribution < 1.29 is 13.6 Å². The van der Waals surface area contributed by atoms with Gasteiger partial charge < -0.3 is 11.1 Å². The Morgan fingerprint density at radius 2 is 2.11 bits per heavy atom. The molecule has 0 fully saturated rings. The Morgan fingerprint density at radius 1 is 1.39 bits per heavy atom. The molecule has 5 nitrogen and oxygen atoms in total. The number of nitrogens with zero attached hydrogens (tertiary/aromatic N) is 2. The van der Waals surface area contributed by atoms with E-state index in [1.54, 1.807) is 7.05 Å². The van der Waals surface area contributed by atoms with Crippen molar-refractivity contribution in [3.8, 4) is 0 Å². The molecule has 0 aliphatic heterocycles. The minimum atomic E-state index is -1.04. The molecule has 1 aromatic heterocycles. The lowest BCUT2D eigenvalue weighted by atomic mass is 10.2. The summed E-state index contributed by atoms with van der Waals surface area (Å²) in [5.74, 6) is -2.56. The number of aryl methyl sites for hydroxylation is 1. The second kappa shape index (κ2) is 4.44. The van der Waals surface area contributed by atoms with Crippen molar-refractivity contribution >= 4 is 17.3 Å². The van der Waals surface area contributed by atoms with E-state index in [-0.39, 0.29) is 17.1 Å². The smallest absolute Gasteiger partial charge is 0.276 e. The van der Waals surface area contributed by atoms with E-state index in [1.807, 2.05) is 0 Å². The molecule has 3 N–H and O–H groups in total. The van der Waals surface area contributed by atoms with Crippen LogP contribution in [0, 0.1) is 11.6 Å². The van der Waals surface area contributed by atoms with E-state index in [4.69, 9.17) is 5.73 Å².